The maximum Gasteiger partial charge on any atom is 0.242 e. The van der Waals surface area contributed by atoms with E-state index in [0.717, 1.165) is 25.0 Å². The molecule has 25 heavy (non-hydrogen) atoms. The van der Waals surface area contributed by atoms with E-state index < -0.39 is 0 Å². The topological polar surface area (TPSA) is 45.6 Å². The van der Waals surface area contributed by atoms with Crippen molar-refractivity contribution >= 4 is 11.8 Å². The molecular weight excluding hydrogens is 314 g/mol. The van der Waals surface area contributed by atoms with Crippen molar-refractivity contribution in [3.8, 4) is 0 Å². The first-order valence-electron chi connectivity index (χ1n) is 9.51. The Morgan fingerprint density at radius 2 is 1.96 bits per heavy atom. The number of hydrogen-bond acceptors (Lipinski definition) is 2. The van der Waals surface area contributed by atoms with E-state index in [1.807, 2.05) is 41.8 Å². The Labute approximate surface area is 152 Å². The van der Waals surface area contributed by atoms with Crippen molar-refractivity contribution in [1.29, 1.82) is 0 Å². The lowest BCUT2D eigenvalue weighted by Crippen LogP contribution is -2.47. The summed E-state index contributed by atoms with van der Waals surface area (Å²) in [4.78, 5) is 29.3. The average molecular weight is 348 g/mol. The van der Waals surface area contributed by atoms with Gasteiger partial charge in [0.05, 0.1) is 6.54 Å². The fraction of sp³-hybridized carbons (Fsp3) is 0.700. The quantitative estimate of drug-likeness (QED) is 0.689. The van der Waals surface area contributed by atoms with E-state index in [1.165, 1.54) is 0 Å². The zero-order valence-corrected chi connectivity index (χ0v) is 16.4. The van der Waals surface area contributed by atoms with Gasteiger partial charge in [-0.3, -0.25) is 9.59 Å². The van der Waals surface area contributed by atoms with Crippen molar-refractivity contribution in [1.82, 2.24) is 14.4 Å². The monoisotopic (exact) mass is 347 g/mol. The van der Waals surface area contributed by atoms with Gasteiger partial charge in [-0.25, -0.2) is 0 Å². The Balaban J connectivity index is 2.10. The number of amides is 2. The van der Waals surface area contributed by atoms with Crippen LogP contribution >= 0.6 is 0 Å². The van der Waals surface area contributed by atoms with Crippen molar-refractivity contribution < 1.29 is 9.59 Å². The highest BCUT2D eigenvalue weighted by molar-refractivity contribution is 5.87. The molecular formula is C20H33N3O2. The van der Waals surface area contributed by atoms with Gasteiger partial charge in [-0.05, 0) is 44.2 Å². The number of aromatic nitrogens is 1. The Morgan fingerprint density at radius 1 is 1.28 bits per heavy atom. The second-order valence-electron chi connectivity index (χ2n) is 7.78. The molecule has 0 saturated heterocycles. The zero-order valence-electron chi connectivity index (χ0n) is 16.4. The molecule has 1 atom stereocenters. The van der Waals surface area contributed by atoms with Crippen LogP contribution < -0.4 is 0 Å². The number of carbonyl (C=O) groups excluding carboxylic acids is 2. The highest BCUT2D eigenvalue weighted by Gasteiger charge is 2.36. The third-order valence-corrected chi connectivity index (χ3v) is 4.98. The average Bonchev–Trinajstić information content (AvgIpc) is 3.34. The van der Waals surface area contributed by atoms with Crippen LogP contribution in [0.4, 0.5) is 0 Å². The van der Waals surface area contributed by atoms with Gasteiger partial charge >= 0.3 is 0 Å². The van der Waals surface area contributed by atoms with Gasteiger partial charge in [0.2, 0.25) is 11.8 Å². The molecule has 0 unspecified atom stereocenters. The smallest absolute Gasteiger partial charge is 0.242 e. The summed E-state index contributed by atoms with van der Waals surface area (Å²) in [6.45, 7) is 9.83. The molecule has 5 nitrogen and oxygen atoms in total. The predicted octanol–water partition coefficient (Wildman–Crippen LogP) is 3.05. The van der Waals surface area contributed by atoms with Crippen LogP contribution in [0.5, 0.6) is 0 Å². The van der Waals surface area contributed by atoms with Crippen molar-refractivity contribution in [3.63, 3.8) is 0 Å². The lowest BCUT2D eigenvalue weighted by atomic mass is 10.1. The summed E-state index contributed by atoms with van der Waals surface area (Å²) in [7, 11) is 2.00. The molecule has 1 fully saturated rings. The Morgan fingerprint density at radius 3 is 2.44 bits per heavy atom. The van der Waals surface area contributed by atoms with E-state index >= 15 is 0 Å². The fourth-order valence-electron chi connectivity index (χ4n) is 3.03. The molecule has 1 aromatic heterocycles. The normalized spacial score (nSPS) is 15.3. The van der Waals surface area contributed by atoms with Crippen molar-refractivity contribution in [2.75, 3.05) is 13.1 Å². The molecule has 0 aliphatic heterocycles. The number of nitrogens with zero attached hydrogens (tertiary/aromatic N) is 3. The van der Waals surface area contributed by atoms with Crippen LogP contribution in [0.1, 0.15) is 52.7 Å². The molecule has 1 saturated carbocycles. The number of rotatable bonds is 9. The lowest BCUT2D eigenvalue weighted by Gasteiger charge is -2.32. The Hall–Kier alpha value is -1.78. The second kappa shape index (κ2) is 8.54. The standard InChI is InChI=1S/C20H33N3O2/c1-6-16(4)23(20(25)17-9-10-17)14-19(24)22(12-15(2)3)13-18-8-7-11-21(18)5/h7-8,11,15-17H,6,9-10,12-14H2,1-5H3/t16-/m1/s1. The fourth-order valence-corrected chi connectivity index (χ4v) is 3.03. The van der Waals surface area contributed by atoms with Gasteiger partial charge in [0, 0.05) is 37.4 Å². The molecule has 140 valence electrons. The SMILES string of the molecule is CC[C@@H](C)N(CC(=O)N(Cc1cccn1C)CC(C)C)C(=O)C1CC1. The maximum atomic E-state index is 13.0. The summed E-state index contributed by atoms with van der Waals surface area (Å²) in [5.41, 5.74) is 1.11. The molecule has 0 radical (unpaired) electrons. The van der Waals surface area contributed by atoms with Crippen LogP contribution in [0.2, 0.25) is 0 Å². The third-order valence-electron chi connectivity index (χ3n) is 4.98. The van der Waals surface area contributed by atoms with E-state index in [4.69, 9.17) is 0 Å². The van der Waals surface area contributed by atoms with E-state index in [9.17, 15) is 9.59 Å². The molecule has 0 bridgehead atoms. The van der Waals surface area contributed by atoms with Crippen molar-refractivity contribution in [2.24, 2.45) is 18.9 Å². The summed E-state index contributed by atoms with van der Waals surface area (Å²) >= 11 is 0. The van der Waals surface area contributed by atoms with Gasteiger partial charge in [0.15, 0.2) is 0 Å². The molecule has 1 heterocycles. The van der Waals surface area contributed by atoms with Crippen LogP contribution in [0.3, 0.4) is 0 Å². The third kappa shape index (κ3) is 5.35. The summed E-state index contributed by atoms with van der Waals surface area (Å²) in [5, 5.41) is 0. The predicted molar refractivity (Wildman–Crippen MR) is 99.9 cm³/mol. The number of carbonyl (C=O) groups is 2. The molecule has 1 aliphatic rings. The van der Waals surface area contributed by atoms with Crippen LogP contribution in [-0.4, -0.2) is 45.3 Å². The van der Waals surface area contributed by atoms with Crippen LogP contribution in [-0.2, 0) is 23.2 Å². The summed E-state index contributed by atoms with van der Waals surface area (Å²) in [6, 6.07) is 4.14. The van der Waals surface area contributed by atoms with Gasteiger partial charge in [0.1, 0.15) is 6.54 Å². The molecule has 1 aliphatic carbocycles. The number of hydrogen-bond donors (Lipinski definition) is 0. The molecule has 0 spiro atoms. The lowest BCUT2D eigenvalue weighted by molar-refractivity contribution is -0.143. The van der Waals surface area contributed by atoms with Gasteiger partial charge in [0.25, 0.3) is 0 Å². The van der Waals surface area contributed by atoms with Gasteiger partial charge in [-0.2, -0.15) is 0 Å². The minimum absolute atomic E-state index is 0.0456. The summed E-state index contributed by atoms with van der Waals surface area (Å²) in [5.74, 6) is 0.740. The van der Waals surface area contributed by atoms with E-state index in [-0.39, 0.29) is 30.3 Å². The minimum Gasteiger partial charge on any atom is -0.353 e. The first-order chi connectivity index (χ1) is 11.8. The second-order valence-corrected chi connectivity index (χ2v) is 7.78. The number of aryl methyl sites for hydroxylation is 1. The van der Waals surface area contributed by atoms with Crippen LogP contribution in [0.15, 0.2) is 18.3 Å². The van der Waals surface area contributed by atoms with E-state index in [2.05, 4.69) is 20.8 Å². The zero-order chi connectivity index (χ0) is 18.6. The molecule has 0 N–H and O–H groups in total. The van der Waals surface area contributed by atoms with Crippen LogP contribution in [0, 0.1) is 11.8 Å². The first-order valence-corrected chi connectivity index (χ1v) is 9.51. The van der Waals surface area contributed by atoms with E-state index in [1.54, 1.807) is 4.90 Å². The molecule has 2 amide bonds. The Kier molecular flexibility index (Phi) is 6.68. The van der Waals surface area contributed by atoms with Crippen LogP contribution in [0.25, 0.3) is 0 Å². The van der Waals surface area contributed by atoms with Gasteiger partial charge < -0.3 is 14.4 Å². The molecule has 5 heteroatoms. The molecule has 0 aromatic carbocycles. The van der Waals surface area contributed by atoms with Crippen molar-refractivity contribution in [3.05, 3.63) is 24.0 Å². The Bertz CT molecular complexity index is 590. The van der Waals surface area contributed by atoms with Gasteiger partial charge in [-0.15, -0.1) is 0 Å². The largest absolute Gasteiger partial charge is 0.353 e. The highest BCUT2D eigenvalue weighted by atomic mass is 16.2. The maximum absolute atomic E-state index is 13.0. The first kappa shape index (κ1) is 19.5. The molecule has 2 rings (SSSR count). The molecule has 1 aromatic rings. The summed E-state index contributed by atoms with van der Waals surface area (Å²) < 4.78 is 2.04. The van der Waals surface area contributed by atoms with Crippen molar-refractivity contribution in [2.45, 2.75) is 59.5 Å². The summed E-state index contributed by atoms with van der Waals surface area (Å²) in [6.07, 6.45) is 4.81. The highest BCUT2D eigenvalue weighted by Crippen LogP contribution is 2.32. The minimum atomic E-state index is 0.0456. The van der Waals surface area contributed by atoms with E-state index in [0.29, 0.717) is 19.0 Å². The van der Waals surface area contributed by atoms with Gasteiger partial charge in [-0.1, -0.05) is 20.8 Å².